The van der Waals surface area contributed by atoms with E-state index in [0.717, 1.165) is 17.0 Å². The highest BCUT2D eigenvalue weighted by atomic mass is 16.5. The molecule has 0 bridgehead atoms. The maximum absolute atomic E-state index is 13.0. The zero-order valence-corrected chi connectivity index (χ0v) is 16.4. The molecule has 6 nitrogen and oxygen atoms in total. The second-order valence-electron chi connectivity index (χ2n) is 7.13. The number of nitrogens with one attached hydrogen (secondary N) is 1. The van der Waals surface area contributed by atoms with Crippen molar-refractivity contribution in [2.45, 2.75) is 46.1 Å². The van der Waals surface area contributed by atoms with E-state index in [4.69, 9.17) is 9.26 Å². The summed E-state index contributed by atoms with van der Waals surface area (Å²) in [6, 6.07) is 9.65. The molecule has 0 saturated heterocycles. The Bertz CT molecular complexity index is 962. The van der Waals surface area contributed by atoms with Crippen LogP contribution in [0, 0.1) is 6.92 Å². The third-order valence-corrected chi connectivity index (χ3v) is 4.53. The van der Waals surface area contributed by atoms with Crippen LogP contribution in [0.25, 0.3) is 11.1 Å². The molecule has 0 fully saturated rings. The zero-order chi connectivity index (χ0) is 19.6. The van der Waals surface area contributed by atoms with Gasteiger partial charge in [0.2, 0.25) is 0 Å². The SMILES string of the molecule is COc1cccc(CC(C)NC(=O)c2cc(C(C)C)nc3onc(C)c23)c1. The van der Waals surface area contributed by atoms with Crippen molar-refractivity contribution in [3.05, 3.63) is 52.8 Å². The van der Waals surface area contributed by atoms with E-state index in [2.05, 4.69) is 15.5 Å². The van der Waals surface area contributed by atoms with Crippen LogP contribution < -0.4 is 10.1 Å². The smallest absolute Gasteiger partial charge is 0.259 e. The van der Waals surface area contributed by atoms with Crippen molar-refractivity contribution in [3.8, 4) is 5.75 Å². The number of aryl methyl sites for hydroxylation is 1. The summed E-state index contributed by atoms with van der Waals surface area (Å²) >= 11 is 0. The van der Waals surface area contributed by atoms with E-state index < -0.39 is 0 Å². The molecular weight excluding hydrogens is 342 g/mol. The number of carbonyl (C=O) groups is 1. The van der Waals surface area contributed by atoms with Crippen molar-refractivity contribution in [2.75, 3.05) is 7.11 Å². The first-order valence-electron chi connectivity index (χ1n) is 9.09. The summed E-state index contributed by atoms with van der Waals surface area (Å²) in [5, 5.41) is 7.73. The topological polar surface area (TPSA) is 77.2 Å². The molecule has 1 aromatic carbocycles. The molecule has 3 aromatic rings. The van der Waals surface area contributed by atoms with E-state index in [9.17, 15) is 4.79 Å². The lowest BCUT2D eigenvalue weighted by molar-refractivity contribution is 0.0941. The molecule has 6 heteroatoms. The van der Waals surface area contributed by atoms with E-state index in [1.165, 1.54) is 0 Å². The number of pyridine rings is 1. The minimum atomic E-state index is -0.147. The van der Waals surface area contributed by atoms with Gasteiger partial charge >= 0.3 is 0 Å². The zero-order valence-electron chi connectivity index (χ0n) is 16.4. The van der Waals surface area contributed by atoms with Gasteiger partial charge < -0.3 is 14.6 Å². The van der Waals surface area contributed by atoms with Crippen molar-refractivity contribution in [3.63, 3.8) is 0 Å². The summed E-state index contributed by atoms with van der Waals surface area (Å²) in [6.45, 7) is 7.87. The highest BCUT2D eigenvalue weighted by molar-refractivity contribution is 6.06. The fourth-order valence-electron chi connectivity index (χ4n) is 3.09. The number of fused-ring (bicyclic) bond motifs is 1. The lowest BCUT2D eigenvalue weighted by atomic mass is 10.0. The van der Waals surface area contributed by atoms with E-state index in [-0.39, 0.29) is 17.9 Å². The summed E-state index contributed by atoms with van der Waals surface area (Å²) in [7, 11) is 1.65. The van der Waals surface area contributed by atoms with Gasteiger partial charge in [-0.1, -0.05) is 31.1 Å². The number of aromatic nitrogens is 2. The van der Waals surface area contributed by atoms with Crippen LogP contribution in [0.4, 0.5) is 0 Å². The van der Waals surface area contributed by atoms with Gasteiger partial charge in [-0.05, 0) is 49.9 Å². The van der Waals surface area contributed by atoms with Gasteiger partial charge in [0.05, 0.1) is 23.8 Å². The Morgan fingerprint density at radius 2 is 2.04 bits per heavy atom. The van der Waals surface area contributed by atoms with Gasteiger partial charge in [0.15, 0.2) is 0 Å². The lowest BCUT2D eigenvalue weighted by Gasteiger charge is -2.16. The standard InChI is InChI=1S/C21H25N3O3/c1-12(2)18-11-17(19-14(4)24-27-21(19)23-18)20(25)22-13(3)9-15-7-6-8-16(10-15)26-5/h6-8,10-13H,9H2,1-5H3,(H,22,25). The van der Waals surface area contributed by atoms with E-state index in [1.54, 1.807) is 7.11 Å². The van der Waals surface area contributed by atoms with Gasteiger partial charge in [-0.2, -0.15) is 0 Å². The summed E-state index contributed by atoms with van der Waals surface area (Å²) in [6.07, 6.45) is 0.705. The van der Waals surface area contributed by atoms with Crippen LogP contribution in [0.15, 0.2) is 34.9 Å². The summed E-state index contributed by atoms with van der Waals surface area (Å²) < 4.78 is 10.6. The van der Waals surface area contributed by atoms with Gasteiger partial charge in [-0.25, -0.2) is 4.98 Å². The molecule has 0 spiro atoms. The second kappa shape index (κ2) is 7.78. The third kappa shape index (κ3) is 4.10. The lowest BCUT2D eigenvalue weighted by Crippen LogP contribution is -2.34. The molecular formula is C21H25N3O3. The fourth-order valence-corrected chi connectivity index (χ4v) is 3.09. The first-order valence-corrected chi connectivity index (χ1v) is 9.09. The van der Waals surface area contributed by atoms with Crippen LogP contribution in [0.5, 0.6) is 5.75 Å². The maximum atomic E-state index is 13.0. The number of methoxy groups -OCH3 is 1. The molecule has 0 aliphatic rings. The molecule has 1 amide bonds. The number of benzene rings is 1. The highest BCUT2D eigenvalue weighted by Crippen LogP contribution is 2.25. The molecule has 0 aliphatic carbocycles. The molecule has 1 atom stereocenters. The molecule has 0 saturated carbocycles. The number of hydrogen-bond acceptors (Lipinski definition) is 5. The molecule has 2 heterocycles. The molecule has 0 radical (unpaired) electrons. The maximum Gasteiger partial charge on any atom is 0.259 e. The predicted molar refractivity (Wildman–Crippen MR) is 104 cm³/mol. The Labute approximate surface area is 158 Å². The molecule has 142 valence electrons. The number of hydrogen-bond donors (Lipinski definition) is 1. The Morgan fingerprint density at radius 3 is 2.74 bits per heavy atom. The third-order valence-electron chi connectivity index (χ3n) is 4.53. The Morgan fingerprint density at radius 1 is 1.26 bits per heavy atom. The van der Waals surface area contributed by atoms with Gasteiger partial charge in [-0.15, -0.1) is 0 Å². The number of carbonyl (C=O) groups excluding carboxylic acids is 1. The van der Waals surface area contributed by atoms with E-state index in [1.807, 2.05) is 58.0 Å². The number of ether oxygens (including phenoxy) is 1. The van der Waals surface area contributed by atoms with Crippen molar-refractivity contribution >= 4 is 17.0 Å². The van der Waals surface area contributed by atoms with Crippen molar-refractivity contribution in [1.29, 1.82) is 0 Å². The molecule has 2 aromatic heterocycles. The molecule has 0 aliphatic heterocycles. The largest absolute Gasteiger partial charge is 0.497 e. The fraction of sp³-hybridized carbons (Fsp3) is 0.381. The highest BCUT2D eigenvalue weighted by Gasteiger charge is 2.21. The molecule has 1 unspecified atom stereocenters. The summed E-state index contributed by atoms with van der Waals surface area (Å²) in [4.78, 5) is 17.5. The van der Waals surface area contributed by atoms with E-state index in [0.29, 0.717) is 28.8 Å². The summed E-state index contributed by atoms with van der Waals surface area (Å²) in [5.74, 6) is 0.843. The first kappa shape index (κ1) is 18.9. The number of nitrogens with zero attached hydrogens (tertiary/aromatic N) is 2. The van der Waals surface area contributed by atoms with E-state index >= 15 is 0 Å². The summed E-state index contributed by atoms with van der Waals surface area (Å²) in [5.41, 5.74) is 3.54. The van der Waals surface area contributed by atoms with Crippen molar-refractivity contribution in [1.82, 2.24) is 15.5 Å². The second-order valence-corrected chi connectivity index (χ2v) is 7.13. The first-order chi connectivity index (χ1) is 12.9. The Balaban J connectivity index is 1.83. The molecule has 27 heavy (non-hydrogen) atoms. The van der Waals surface area contributed by atoms with Gasteiger partial charge in [0, 0.05) is 11.7 Å². The van der Waals surface area contributed by atoms with Crippen LogP contribution in [0.3, 0.4) is 0 Å². The van der Waals surface area contributed by atoms with Crippen molar-refractivity contribution in [2.24, 2.45) is 0 Å². The van der Waals surface area contributed by atoms with Crippen LogP contribution in [0.2, 0.25) is 0 Å². The van der Waals surface area contributed by atoms with Crippen LogP contribution in [-0.4, -0.2) is 29.2 Å². The van der Waals surface area contributed by atoms with Gasteiger partial charge in [0.1, 0.15) is 5.75 Å². The molecule has 3 rings (SSSR count). The average molecular weight is 367 g/mol. The van der Waals surface area contributed by atoms with Gasteiger partial charge in [0.25, 0.3) is 11.6 Å². The normalized spacial score (nSPS) is 12.4. The number of rotatable bonds is 6. The monoisotopic (exact) mass is 367 g/mol. The Kier molecular flexibility index (Phi) is 5.44. The van der Waals surface area contributed by atoms with Crippen molar-refractivity contribution < 1.29 is 14.1 Å². The quantitative estimate of drug-likeness (QED) is 0.712. The minimum absolute atomic E-state index is 0.0458. The Hall–Kier alpha value is -2.89. The molecule has 1 N–H and O–H groups in total. The minimum Gasteiger partial charge on any atom is -0.497 e. The number of amides is 1. The average Bonchev–Trinajstić information content (AvgIpc) is 3.02. The van der Waals surface area contributed by atoms with Crippen LogP contribution >= 0.6 is 0 Å². The van der Waals surface area contributed by atoms with Gasteiger partial charge in [-0.3, -0.25) is 4.79 Å². The van der Waals surface area contributed by atoms with Crippen LogP contribution in [0.1, 0.15) is 54.0 Å². The van der Waals surface area contributed by atoms with Crippen LogP contribution in [-0.2, 0) is 6.42 Å². The predicted octanol–water partition coefficient (Wildman–Crippen LogP) is 4.02.